The Hall–Kier alpha value is -4.22. The predicted molar refractivity (Wildman–Crippen MR) is 170 cm³/mol. The molecule has 1 aromatic heterocycles. The summed E-state index contributed by atoms with van der Waals surface area (Å²) in [6, 6.07) is 5.52. The number of benzene rings is 1. The number of aromatic nitrogens is 2. The van der Waals surface area contributed by atoms with Crippen molar-refractivity contribution in [2.24, 2.45) is 0 Å². The van der Waals surface area contributed by atoms with Gasteiger partial charge < -0.3 is 33.2 Å². The van der Waals surface area contributed by atoms with Gasteiger partial charge in [-0.2, -0.15) is 8.42 Å². The first kappa shape index (κ1) is 39.2. The summed E-state index contributed by atoms with van der Waals surface area (Å²) >= 11 is 0. The first-order chi connectivity index (χ1) is 22.9. The highest BCUT2D eigenvalue weighted by molar-refractivity contribution is 7.85. The summed E-state index contributed by atoms with van der Waals surface area (Å²) in [7, 11) is -3.52. The van der Waals surface area contributed by atoms with Crippen LogP contribution in [0.5, 0.6) is 11.6 Å². The topological polar surface area (TPSA) is 205 Å². The molecule has 1 aliphatic rings. The highest BCUT2D eigenvalue weighted by Crippen LogP contribution is 2.34. The van der Waals surface area contributed by atoms with Gasteiger partial charge in [0.1, 0.15) is 18.5 Å². The van der Waals surface area contributed by atoms with Gasteiger partial charge in [0.25, 0.3) is 10.1 Å². The molecule has 1 saturated heterocycles. The Morgan fingerprint density at radius 2 is 1.55 bits per heavy atom. The minimum Gasteiger partial charge on any atom is -0.493 e. The normalized spacial score (nSPS) is 20.7. The molecule has 0 radical (unpaired) electrons. The van der Waals surface area contributed by atoms with Crippen molar-refractivity contribution in [1.82, 2.24) is 10.2 Å². The molecule has 0 amide bonds. The third kappa shape index (κ3) is 12.0. The Labute approximate surface area is 285 Å². The standard InChI is InChI=1S/C32H44N2O14S/c1-17(2)27-25(15-23-10-11-24(14-18(23)3)41-12-9-13-43-49(8,39)40)31(34-33-27)48-32-30(46-22(7)38)29(45-21(6)37)28(44-20(5)36)26(47-32)16-42-19(4)35/h10-11,14,17,26,28-30,32H,9,12-13,15-16H2,1-8H3,(H,33,34)/t26-,28-,29+,30-,32+/m1/s1. The van der Waals surface area contributed by atoms with Crippen molar-refractivity contribution in [3.63, 3.8) is 0 Å². The van der Waals surface area contributed by atoms with Crippen molar-refractivity contribution in [2.75, 3.05) is 26.1 Å². The van der Waals surface area contributed by atoms with Gasteiger partial charge in [0, 0.05) is 51.8 Å². The van der Waals surface area contributed by atoms with Crippen LogP contribution in [0.2, 0.25) is 0 Å². The van der Waals surface area contributed by atoms with Crippen molar-refractivity contribution in [2.45, 2.75) is 97.9 Å². The summed E-state index contributed by atoms with van der Waals surface area (Å²) in [4.78, 5) is 48.2. The maximum absolute atomic E-state index is 12.3. The molecule has 3 rings (SSSR count). The number of carbonyl (C=O) groups is 4. The molecule has 0 saturated carbocycles. The molecular formula is C32H44N2O14S. The van der Waals surface area contributed by atoms with Crippen molar-refractivity contribution in [3.05, 3.63) is 40.6 Å². The number of aromatic amines is 1. The molecule has 1 aliphatic heterocycles. The largest absolute Gasteiger partial charge is 0.493 e. The molecule has 2 heterocycles. The molecule has 0 unspecified atom stereocenters. The van der Waals surface area contributed by atoms with E-state index < -0.39 is 71.3 Å². The fraction of sp³-hybridized carbons (Fsp3) is 0.594. The molecule has 17 heteroatoms. The van der Waals surface area contributed by atoms with Gasteiger partial charge in [0.2, 0.25) is 18.3 Å². The highest BCUT2D eigenvalue weighted by atomic mass is 32.2. The Balaban J connectivity index is 1.93. The number of ether oxygens (including phenoxy) is 7. The van der Waals surface area contributed by atoms with E-state index in [1.54, 1.807) is 6.07 Å². The molecule has 0 aliphatic carbocycles. The maximum Gasteiger partial charge on any atom is 0.303 e. The molecule has 1 aromatic carbocycles. The lowest BCUT2D eigenvalue weighted by Gasteiger charge is -2.43. The van der Waals surface area contributed by atoms with Gasteiger partial charge in [-0.05, 0) is 36.1 Å². The zero-order valence-electron chi connectivity index (χ0n) is 28.8. The van der Waals surface area contributed by atoms with Crippen molar-refractivity contribution < 1.29 is 64.9 Å². The van der Waals surface area contributed by atoms with Crippen LogP contribution in [-0.2, 0) is 63.6 Å². The molecule has 1 N–H and O–H groups in total. The van der Waals surface area contributed by atoms with E-state index in [0.717, 1.165) is 43.8 Å². The average molecular weight is 713 g/mol. The van der Waals surface area contributed by atoms with Crippen LogP contribution in [0, 0.1) is 6.92 Å². The van der Waals surface area contributed by atoms with Crippen molar-refractivity contribution >= 4 is 34.0 Å². The van der Waals surface area contributed by atoms with E-state index in [2.05, 4.69) is 10.2 Å². The lowest BCUT2D eigenvalue weighted by Crippen LogP contribution is -2.63. The van der Waals surface area contributed by atoms with Crippen LogP contribution < -0.4 is 9.47 Å². The summed E-state index contributed by atoms with van der Waals surface area (Å²) in [5.74, 6) is -2.24. The number of nitrogens with zero attached hydrogens (tertiary/aromatic N) is 1. The Kier molecular flexibility index (Phi) is 14.0. The number of aryl methyl sites for hydroxylation is 1. The second kappa shape index (κ2) is 17.4. The molecule has 0 spiro atoms. The highest BCUT2D eigenvalue weighted by Gasteiger charge is 2.53. The van der Waals surface area contributed by atoms with Crippen LogP contribution >= 0.6 is 0 Å². The third-order valence-electron chi connectivity index (χ3n) is 7.15. The second-order valence-corrected chi connectivity index (χ2v) is 13.4. The minimum atomic E-state index is -3.52. The van der Waals surface area contributed by atoms with E-state index in [0.29, 0.717) is 24.2 Å². The van der Waals surface area contributed by atoms with E-state index in [9.17, 15) is 27.6 Å². The monoisotopic (exact) mass is 712 g/mol. The quantitative estimate of drug-likeness (QED) is 0.115. The van der Waals surface area contributed by atoms with Gasteiger partial charge in [0.15, 0.2) is 12.2 Å². The fourth-order valence-electron chi connectivity index (χ4n) is 5.11. The van der Waals surface area contributed by atoms with Gasteiger partial charge in [-0.1, -0.05) is 19.9 Å². The summed E-state index contributed by atoms with van der Waals surface area (Å²) in [6.45, 7) is 10.3. The van der Waals surface area contributed by atoms with E-state index in [1.165, 1.54) is 6.92 Å². The van der Waals surface area contributed by atoms with Gasteiger partial charge in [-0.3, -0.25) is 28.5 Å². The number of nitrogens with one attached hydrogen (secondary N) is 1. The summed E-state index contributed by atoms with van der Waals surface area (Å²) < 4.78 is 66.8. The predicted octanol–water partition coefficient (Wildman–Crippen LogP) is 2.64. The van der Waals surface area contributed by atoms with Crippen molar-refractivity contribution in [3.8, 4) is 11.6 Å². The van der Waals surface area contributed by atoms with E-state index >= 15 is 0 Å². The smallest absolute Gasteiger partial charge is 0.303 e. The van der Waals surface area contributed by atoms with Crippen LogP contribution in [0.1, 0.15) is 76.3 Å². The van der Waals surface area contributed by atoms with Crippen LogP contribution in [0.4, 0.5) is 0 Å². The molecule has 0 bridgehead atoms. The van der Waals surface area contributed by atoms with Gasteiger partial charge in [-0.15, -0.1) is 5.10 Å². The van der Waals surface area contributed by atoms with E-state index in [-0.39, 0.29) is 25.0 Å². The van der Waals surface area contributed by atoms with Crippen LogP contribution in [-0.4, -0.2) is 99.3 Å². The van der Waals surface area contributed by atoms with Gasteiger partial charge >= 0.3 is 23.9 Å². The van der Waals surface area contributed by atoms with Crippen LogP contribution in [0.3, 0.4) is 0 Å². The Morgan fingerprint density at radius 3 is 2.12 bits per heavy atom. The van der Waals surface area contributed by atoms with Gasteiger partial charge in [0.05, 0.1) is 19.5 Å². The number of H-pyrrole nitrogens is 1. The lowest BCUT2D eigenvalue weighted by atomic mass is 9.96. The molecule has 16 nitrogen and oxygen atoms in total. The minimum absolute atomic E-state index is 0.0106. The zero-order valence-corrected chi connectivity index (χ0v) is 29.6. The number of carbonyl (C=O) groups excluding carboxylic acids is 4. The van der Waals surface area contributed by atoms with Crippen molar-refractivity contribution in [1.29, 1.82) is 0 Å². The first-order valence-corrected chi connectivity index (χ1v) is 17.4. The Bertz CT molecular complexity index is 1590. The molecular weight excluding hydrogens is 668 g/mol. The molecule has 272 valence electrons. The summed E-state index contributed by atoms with van der Waals surface area (Å²) in [6.07, 6.45) is -5.08. The average Bonchev–Trinajstić information content (AvgIpc) is 3.37. The molecule has 5 atom stereocenters. The third-order valence-corrected chi connectivity index (χ3v) is 7.75. The number of hydrogen-bond donors (Lipinski definition) is 1. The number of esters is 4. The van der Waals surface area contributed by atoms with E-state index in [1.807, 2.05) is 32.9 Å². The Morgan fingerprint density at radius 1 is 0.918 bits per heavy atom. The molecule has 1 fully saturated rings. The zero-order chi connectivity index (χ0) is 36.5. The summed E-state index contributed by atoms with van der Waals surface area (Å²) in [5, 5.41) is 7.40. The molecule has 2 aromatic rings. The fourth-order valence-corrected chi connectivity index (χ4v) is 5.53. The second-order valence-electron chi connectivity index (χ2n) is 11.8. The summed E-state index contributed by atoms with van der Waals surface area (Å²) in [5.41, 5.74) is 3.21. The maximum atomic E-state index is 12.3. The first-order valence-electron chi connectivity index (χ1n) is 15.6. The van der Waals surface area contributed by atoms with Gasteiger partial charge in [-0.25, -0.2) is 0 Å². The van der Waals surface area contributed by atoms with Crippen LogP contribution in [0.15, 0.2) is 18.2 Å². The van der Waals surface area contributed by atoms with Crippen LogP contribution in [0.25, 0.3) is 0 Å². The lowest BCUT2D eigenvalue weighted by molar-refractivity contribution is -0.289. The SMILES string of the molecule is CC(=O)OC[C@H]1O[C@@H](Oc2n[nH]c(C(C)C)c2Cc2ccc(OCCCOS(C)(=O)=O)cc2C)[C@H](OC(C)=O)[C@@H](OC(C)=O)[C@@H]1OC(C)=O. The number of hydrogen-bond acceptors (Lipinski definition) is 15. The number of rotatable bonds is 16. The van der Waals surface area contributed by atoms with E-state index in [4.69, 9.17) is 37.3 Å². The molecule has 49 heavy (non-hydrogen) atoms.